The molecule has 0 saturated carbocycles. The van der Waals surface area contributed by atoms with E-state index in [0.717, 1.165) is 11.3 Å². The zero-order chi connectivity index (χ0) is 6.97. The second-order valence-electron chi connectivity index (χ2n) is 2.00. The molecule has 3 radical (unpaired) electrons. The van der Waals surface area contributed by atoms with E-state index in [1.807, 2.05) is 6.92 Å². The van der Waals surface area contributed by atoms with Gasteiger partial charge in [0.1, 0.15) is 6.33 Å². The Balaban J connectivity index is 0. The zero-order valence-corrected chi connectivity index (χ0v) is 15.7. The summed E-state index contributed by atoms with van der Waals surface area (Å²) in [5.74, 6) is 0.746. The molecular weight excluding hydrogens is 395 g/mol. The van der Waals surface area contributed by atoms with Crippen LogP contribution < -0.4 is 4.98 Å². The molecule has 0 spiro atoms. The maximum absolute atomic E-state index is 4.08. The van der Waals surface area contributed by atoms with Crippen molar-refractivity contribution in [3.8, 4) is 0 Å². The van der Waals surface area contributed by atoms with E-state index in [0.29, 0.717) is 5.65 Å². The van der Waals surface area contributed by atoms with Gasteiger partial charge in [-0.3, -0.25) is 0 Å². The Labute approximate surface area is 151 Å². The Bertz CT molecular complexity index is 328. The van der Waals surface area contributed by atoms with Gasteiger partial charge in [-0.15, -0.1) is 0 Å². The van der Waals surface area contributed by atoms with Crippen LogP contribution in [-0.4, -0.2) is 15.0 Å². The molecule has 2 heterocycles. The third-order valence-electron chi connectivity index (χ3n) is 1.22. The molecular formula is C6H5N4Y3-. The Hall–Kier alpha value is 1.86. The first-order chi connectivity index (χ1) is 4.86. The Morgan fingerprint density at radius 3 is 2.54 bits per heavy atom. The van der Waals surface area contributed by atoms with E-state index in [2.05, 4.69) is 19.9 Å². The maximum Gasteiger partial charge on any atom is 0.115 e. The van der Waals surface area contributed by atoms with Crippen LogP contribution >= 0.6 is 0 Å². The zero-order valence-electron chi connectivity index (χ0n) is 7.18. The van der Waals surface area contributed by atoms with E-state index in [9.17, 15) is 0 Å². The Morgan fingerprint density at radius 2 is 1.92 bits per heavy atom. The van der Waals surface area contributed by atoms with Gasteiger partial charge in [0.15, 0.2) is 0 Å². The fourth-order valence-corrected chi connectivity index (χ4v) is 0.833. The molecule has 2 aromatic rings. The predicted molar refractivity (Wildman–Crippen MR) is 35.4 cm³/mol. The molecule has 0 aliphatic rings. The molecule has 0 unspecified atom stereocenters. The van der Waals surface area contributed by atoms with Gasteiger partial charge in [0, 0.05) is 104 Å². The van der Waals surface area contributed by atoms with E-state index in [4.69, 9.17) is 0 Å². The molecule has 13 heavy (non-hydrogen) atoms. The summed E-state index contributed by atoms with van der Waals surface area (Å²) in [7, 11) is 0. The van der Waals surface area contributed by atoms with Crippen molar-refractivity contribution in [2.24, 2.45) is 0 Å². The van der Waals surface area contributed by atoms with Crippen LogP contribution in [0.4, 0.5) is 0 Å². The van der Waals surface area contributed by atoms with Crippen LogP contribution in [0.3, 0.4) is 0 Å². The van der Waals surface area contributed by atoms with Gasteiger partial charge in [0.05, 0.1) is 5.65 Å². The summed E-state index contributed by atoms with van der Waals surface area (Å²) in [5.41, 5.74) is 1.44. The number of aryl methyl sites for hydroxylation is 1. The molecule has 59 valence electrons. The first-order valence-corrected chi connectivity index (χ1v) is 2.93. The van der Waals surface area contributed by atoms with Crippen molar-refractivity contribution in [1.29, 1.82) is 0 Å². The van der Waals surface area contributed by atoms with E-state index in [1.165, 1.54) is 6.33 Å². The van der Waals surface area contributed by atoms with E-state index in [-0.39, 0.29) is 98.1 Å². The average molecular weight is 400 g/mol. The molecule has 0 aliphatic heterocycles. The van der Waals surface area contributed by atoms with Crippen molar-refractivity contribution in [2.45, 2.75) is 6.92 Å². The summed E-state index contributed by atoms with van der Waals surface area (Å²) in [6.45, 7) is 1.84. The predicted octanol–water partition coefficient (Wildman–Crippen LogP) is 0.283. The molecule has 2 aromatic heterocycles. The topological polar surface area (TPSA) is 52.8 Å². The fourth-order valence-electron chi connectivity index (χ4n) is 0.833. The van der Waals surface area contributed by atoms with Crippen molar-refractivity contribution in [1.82, 2.24) is 19.9 Å². The van der Waals surface area contributed by atoms with Gasteiger partial charge in [-0.25, -0.2) is 9.97 Å². The van der Waals surface area contributed by atoms with Crippen LogP contribution in [0.2, 0.25) is 0 Å². The maximum atomic E-state index is 4.08. The minimum Gasteiger partial charge on any atom is -0.437 e. The van der Waals surface area contributed by atoms with Gasteiger partial charge < -0.3 is 9.97 Å². The number of nitrogens with zero attached hydrogens (tertiary/aromatic N) is 4. The van der Waals surface area contributed by atoms with Gasteiger partial charge >= 0.3 is 0 Å². The standard InChI is InChI=1S/C6H5N4.3Y/c1-4-9-5-2-7-3-8-6(5)10-4;;;/h2-3H,1H3;;;/q-1;;;. The third kappa shape index (κ3) is 4.48. The van der Waals surface area contributed by atoms with Crippen LogP contribution in [0.25, 0.3) is 11.2 Å². The smallest absolute Gasteiger partial charge is 0.115 e. The molecule has 0 saturated heterocycles. The summed E-state index contributed by atoms with van der Waals surface area (Å²) in [4.78, 5) is 15.9. The van der Waals surface area contributed by atoms with Crippen LogP contribution in [0.5, 0.6) is 0 Å². The first-order valence-electron chi connectivity index (χ1n) is 2.93. The summed E-state index contributed by atoms with van der Waals surface area (Å²) in [6, 6.07) is 0. The Morgan fingerprint density at radius 1 is 1.23 bits per heavy atom. The van der Waals surface area contributed by atoms with E-state index < -0.39 is 0 Å². The molecule has 0 aliphatic carbocycles. The summed E-state index contributed by atoms with van der Waals surface area (Å²) >= 11 is 0. The van der Waals surface area contributed by atoms with Gasteiger partial charge in [-0.05, 0) is 12.4 Å². The normalized spacial score (nSPS) is 8.08. The molecule has 0 N–H and O–H groups in total. The minimum absolute atomic E-state index is 0. The summed E-state index contributed by atoms with van der Waals surface area (Å²) in [5, 5.41) is 0. The second kappa shape index (κ2) is 8.07. The SMILES string of the molecule is Cc1nc2ncncc2[n-]1.[Y].[Y].[Y]. The fraction of sp³-hybridized carbons (Fsp3) is 0.167. The van der Waals surface area contributed by atoms with Gasteiger partial charge in [-0.2, -0.15) is 0 Å². The summed E-state index contributed by atoms with van der Waals surface area (Å²) < 4.78 is 0. The number of fused-ring (bicyclic) bond motifs is 1. The van der Waals surface area contributed by atoms with E-state index >= 15 is 0 Å². The van der Waals surface area contributed by atoms with Crippen molar-refractivity contribution in [3.05, 3.63) is 18.3 Å². The molecule has 0 amide bonds. The monoisotopic (exact) mass is 400 g/mol. The number of imidazole rings is 1. The quantitative estimate of drug-likeness (QED) is 0.638. The van der Waals surface area contributed by atoms with E-state index in [1.54, 1.807) is 6.20 Å². The first kappa shape index (κ1) is 17.3. The minimum atomic E-state index is 0. The average Bonchev–Trinajstić information content (AvgIpc) is 2.27. The number of rotatable bonds is 0. The summed E-state index contributed by atoms with van der Waals surface area (Å²) in [6.07, 6.45) is 3.12. The number of aromatic nitrogens is 4. The largest absolute Gasteiger partial charge is 0.437 e. The molecule has 4 nitrogen and oxygen atoms in total. The Kier molecular flexibility index (Phi) is 10.7. The van der Waals surface area contributed by atoms with Gasteiger partial charge in [-0.1, -0.05) is 5.82 Å². The van der Waals surface area contributed by atoms with Crippen molar-refractivity contribution in [2.75, 3.05) is 0 Å². The van der Waals surface area contributed by atoms with Crippen molar-refractivity contribution >= 4 is 11.2 Å². The molecule has 2 rings (SSSR count). The third-order valence-corrected chi connectivity index (χ3v) is 1.22. The number of hydrogen-bond donors (Lipinski definition) is 0. The second-order valence-corrected chi connectivity index (χ2v) is 2.00. The van der Waals surface area contributed by atoms with Gasteiger partial charge in [0.2, 0.25) is 0 Å². The molecule has 7 heteroatoms. The molecule has 0 bridgehead atoms. The van der Waals surface area contributed by atoms with Gasteiger partial charge in [0.25, 0.3) is 0 Å². The number of hydrogen-bond acceptors (Lipinski definition) is 3. The van der Waals surface area contributed by atoms with Crippen LogP contribution in [-0.2, 0) is 98.1 Å². The molecule has 0 atom stereocenters. The van der Waals surface area contributed by atoms with Crippen molar-refractivity contribution < 1.29 is 98.1 Å². The molecule has 0 fully saturated rings. The molecule has 0 aromatic carbocycles. The van der Waals surface area contributed by atoms with Crippen LogP contribution in [0.1, 0.15) is 5.82 Å². The van der Waals surface area contributed by atoms with Crippen LogP contribution in [0, 0.1) is 6.92 Å². The van der Waals surface area contributed by atoms with Crippen molar-refractivity contribution in [3.63, 3.8) is 0 Å². The van der Waals surface area contributed by atoms with Crippen LogP contribution in [0.15, 0.2) is 12.5 Å².